The third-order valence-corrected chi connectivity index (χ3v) is 7.84. The van der Waals surface area contributed by atoms with Crippen molar-refractivity contribution in [2.75, 3.05) is 31.6 Å². The number of nitrogens with zero attached hydrogens (tertiary/aromatic N) is 1. The fraction of sp³-hybridized carbons (Fsp3) is 0.389. The zero-order valence-corrected chi connectivity index (χ0v) is 26.3. The number of carbonyl (C=O) groups is 4. The van der Waals surface area contributed by atoms with Gasteiger partial charge in [-0.1, -0.05) is 44.7 Å². The lowest BCUT2D eigenvalue weighted by Gasteiger charge is -2.22. The summed E-state index contributed by atoms with van der Waals surface area (Å²) in [5.41, 5.74) is 1.92. The van der Waals surface area contributed by atoms with E-state index in [1.165, 1.54) is 24.2 Å². The average Bonchev–Trinajstić information content (AvgIpc) is 3.07. The lowest BCUT2D eigenvalue weighted by atomic mass is 9.97. The van der Waals surface area contributed by atoms with Gasteiger partial charge in [0.05, 0.1) is 12.2 Å². The standard InChI is InChI=1S/C36H43N3O7/c1-2-3-4-5-6-23-45-31-17-11-29(12-18-31)36(44)46-32-15-7-26(8-16-32)24-39(25-33(40)41)35(43)28-9-13-30(14-10-28)38-34(42)27-19-21-37-22-20-27/h7-18,27,37H,2-6,19-25H2,1H3,(H,38,42)(H,40,41). The van der Waals surface area contributed by atoms with Crippen molar-refractivity contribution in [2.45, 2.75) is 58.4 Å². The number of benzene rings is 3. The molecule has 1 heterocycles. The van der Waals surface area contributed by atoms with Crippen LogP contribution in [0.2, 0.25) is 0 Å². The van der Waals surface area contributed by atoms with Crippen LogP contribution in [-0.2, 0) is 16.1 Å². The van der Waals surface area contributed by atoms with Crippen molar-refractivity contribution in [1.29, 1.82) is 0 Å². The fourth-order valence-electron chi connectivity index (χ4n) is 5.20. The minimum atomic E-state index is -1.15. The second kappa shape index (κ2) is 17.7. The lowest BCUT2D eigenvalue weighted by Crippen LogP contribution is -2.35. The number of carboxylic acid groups (broad SMARTS) is 1. The van der Waals surface area contributed by atoms with E-state index < -0.39 is 24.4 Å². The first-order valence-corrected chi connectivity index (χ1v) is 16.0. The molecule has 0 unspecified atom stereocenters. The summed E-state index contributed by atoms with van der Waals surface area (Å²) >= 11 is 0. The first-order valence-electron chi connectivity index (χ1n) is 16.0. The smallest absolute Gasteiger partial charge is 0.343 e. The third-order valence-electron chi connectivity index (χ3n) is 7.84. The molecule has 3 aromatic rings. The van der Waals surface area contributed by atoms with Crippen molar-refractivity contribution in [3.8, 4) is 11.5 Å². The van der Waals surface area contributed by atoms with Crippen molar-refractivity contribution < 1.29 is 33.8 Å². The van der Waals surface area contributed by atoms with Gasteiger partial charge in [0.1, 0.15) is 18.0 Å². The summed E-state index contributed by atoms with van der Waals surface area (Å²) in [5, 5.41) is 15.6. The van der Waals surface area contributed by atoms with Crippen LogP contribution in [0, 0.1) is 5.92 Å². The van der Waals surface area contributed by atoms with E-state index in [9.17, 15) is 24.3 Å². The molecule has 1 fully saturated rings. The number of aliphatic carboxylic acids is 1. The van der Waals surface area contributed by atoms with Crippen molar-refractivity contribution >= 4 is 29.4 Å². The molecule has 10 heteroatoms. The number of unbranched alkanes of at least 4 members (excludes halogenated alkanes) is 4. The molecular formula is C36H43N3O7. The summed E-state index contributed by atoms with van der Waals surface area (Å²) in [6.07, 6.45) is 7.33. The van der Waals surface area contributed by atoms with Crippen LogP contribution in [0.5, 0.6) is 11.5 Å². The minimum absolute atomic E-state index is 0.0353. The predicted octanol–water partition coefficient (Wildman–Crippen LogP) is 5.92. The normalized spacial score (nSPS) is 13.1. The summed E-state index contributed by atoms with van der Waals surface area (Å²) < 4.78 is 11.3. The molecular weight excluding hydrogens is 586 g/mol. The number of rotatable bonds is 16. The zero-order chi connectivity index (χ0) is 32.7. The number of anilines is 1. The van der Waals surface area contributed by atoms with Crippen LogP contribution in [0.1, 0.15) is 78.1 Å². The number of nitrogens with one attached hydrogen (secondary N) is 2. The van der Waals surface area contributed by atoms with E-state index in [4.69, 9.17) is 9.47 Å². The maximum absolute atomic E-state index is 13.3. The summed E-state index contributed by atoms with van der Waals surface area (Å²) in [6.45, 7) is 3.98. The first-order chi connectivity index (χ1) is 22.3. The van der Waals surface area contributed by atoms with Crippen molar-refractivity contribution in [3.63, 3.8) is 0 Å². The Kier molecular flexibility index (Phi) is 13.2. The van der Waals surface area contributed by atoms with Crippen LogP contribution >= 0.6 is 0 Å². The third kappa shape index (κ3) is 10.7. The quantitative estimate of drug-likeness (QED) is 0.101. The van der Waals surface area contributed by atoms with Gasteiger partial charge in [0, 0.05) is 23.7 Å². The van der Waals surface area contributed by atoms with E-state index in [1.807, 2.05) is 0 Å². The number of carbonyl (C=O) groups excluding carboxylic acids is 3. The highest BCUT2D eigenvalue weighted by molar-refractivity contribution is 5.97. The van der Waals surface area contributed by atoms with Gasteiger partial charge in [0.15, 0.2) is 0 Å². The van der Waals surface area contributed by atoms with Gasteiger partial charge >= 0.3 is 11.9 Å². The maximum atomic E-state index is 13.3. The molecule has 10 nitrogen and oxygen atoms in total. The molecule has 0 aromatic heterocycles. The molecule has 3 aromatic carbocycles. The van der Waals surface area contributed by atoms with E-state index in [2.05, 4.69) is 17.6 Å². The van der Waals surface area contributed by atoms with E-state index >= 15 is 0 Å². The topological polar surface area (TPSA) is 134 Å². The Bertz CT molecular complexity index is 1430. The second-order valence-electron chi connectivity index (χ2n) is 11.5. The summed E-state index contributed by atoms with van der Waals surface area (Å²) in [6, 6.07) is 19.8. The predicted molar refractivity (Wildman–Crippen MR) is 175 cm³/mol. The molecule has 0 radical (unpaired) electrons. The Morgan fingerprint density at radius 3 is 2.11 bits per heavy atom. The van der Waals surface area contributed by atoms with Crippen LogP contribution in [0.15, 0.2) is 72.8 Å². The van der Waals surface area contributed by atoms with Crippen LogP contribution in [-0.4, -0.2) is 60.0 Å². The second-order valence-corrected chi connectivity index (χ2v) is 11.5. The van der Waals surface area contributed by atoms with Gasteiger partial charge in [-0.15, -0.1) is 0 Å². The van der Waals surface area contributed by atoms with Crippen molar-refractivity contribution in [2.24, 2.45) is 5.92 Å². The molecule has 0 spiro atoms. The van der Waals surface area contributed by atoms with Crippen LogP contribution in [0.25, 0.3) is 0 Å². The highest BCUT2D eigenvalue weighted by Crippen LogP contribution is 2.20. The van der Waals surface area contributed by atoms with Gasteiger partial charge in [0.2, 0.25) is 5.91 Å². The number of esters is 1. The van der Waals surface area contributed by atoms with E-state index in [0.717, 1.165) is 38.8 Å². The highest BCUT2D eigenvalue weighted by Gasteiger charge is 2.22. The molecule has 1 aliphatic heterocycles. The Morgan fingerprint density at radius 1 is 0.826 bits per heavy atom. The van der Waals surface area contributed by atoms with Gasteiger partial charge < -0.3 is 30.1 Å². The summed E-state index contributed by atoms with van der Waals surface area (Å²) in [4.78, 5) is 51.3. The molecule has 1 aliphatic rings. The van der Waals surface area contributed by atoms with Gasteiger partial charge in [-0.25, -0.2) is 4.79 Å². The van der Waals surface area contributed by atoms with Gasteiger partial charge in [-0.3, -0.25) is 14.4 Å². The monoisotopic (exact) mass is 629 g/mol. The number of hydrogen-bond donors (Lipinski definition) is 3. The SMILES string of the molecule is CCCCCCCOc1ccc(C(=O)Oc2ccc(CN(CC(=O)O)C(=O)c3ccc(NC(=O)C4CCNCC4)cc3)cc2)cc1. The summed E-state index contributed by atoms with van der Waals surface area (Å²) in [7, 11) is 0. The zero-order valence-electron chi connectivity index (χ0n) is 26.3. The first kappa shape index (κ1) is 34.2. The number of amides is 2. The molecule has 244 valence electrons. The Balaban J connectivity index is 1.29. The summed E-state index contributed by atoms with van der Waals surface area (Å²) in [5.74, 6) is -1.20. The molecule has 0 atom stereocenters. The van der Waals surface area contributed by atoms with Crippen LogP contribution in [0.3, 0.4) is 0 Å². The molecule has 0 bridgehead atoms. The van der Waals surface area contributed by atoms with E-state index in [-0.39, 0.29) is 18.4 Å². The number of piperidine rings is 1. The lowest BCUT2D eigenvalue weighted by molar-refractivity contribution is -0.137. The van der Waals surface area contributed by atoms with Gasteiger partial charge in [-0.05, 0) is 98.6 Å². The molecule has 46 heavy (non-hydrogen) atoms. The van der Waals surface area contributed by atoms with E-state index in [0.29, 0.717) is 40.5 Å². The largest absolute Gasteiger partial charge is 0.494 e. The molecule has 0 saturated carbocycles. The van der Waals surface area contributed by atoms with Crippen molar-refractivity contribution in [1.82, 2.24) is 10.2 Å². The average molecular weight is 630 g/mol. The molecule has 4 rings (SSSR count). The van der Waals surface area contributed by atoms with Gasteiger partial charge in [-0.2, -0.15) is 0 Å². The maximum Gasteiger partial charge on any atom is 0.343 e. The Hall–Kier alpha value is -4.70. The van der Waals surface area contributed by atoms with Crippen LogP contribution in [0.4, 0.5) is 5.69 Å². The Morgan fingerprint density at radius 2 is 1.46 bits per heavy atom. The molecule has 2 amide bonds. The number of hydrogen-bond acceptors (Lipinski definition) is 7. The molecule has 1 saturated heterocycles. The number of carboxylic acids is 1. The molecule has 3 N–H and O–H groups in total. The minimum Gasteiger partial charge on any atom is -0.494 e. The molecule has 0 aliphatic carbocycles. The van der Waals surface area contributed by atoms with Crippen molar-refractivity contribution in [3.05, 3.63) is 89.5 Å². The van der Waals surface area contributed by atoms with Crippen LogP contribution < -0.4 is 20.1 Å². The highest BCUT2D eigenvalue weighted by atomic mass is 16.5. The van der Waals surface area contributed by atoms with Gasteiger partial charge in [0.25, 0.3) is 5.91 Å². The number of ether oxygens (including phenoxy) is 2. The Labute approximate surface area is 270 Å². The fourth-order valence-corrected chi connectivity index (χ4v) is 5.20. The van der Waals surface area contributed by atoms with E-state index in [1.54, 1.807) is 72.8 Å².